The highest BCUT2D eigenvalue weighted by molar-refractivity contribution is 5.69. The molecule has 186 valence electrons. The van der Waals surface area contributed by atoms with E-state index in [4.69, 9.17) is 9.84 Å². The van der Waals surface area contributed by atoms with E-state index >= 15 is 0 Å². The van der Waals surface area contributed by atoms with E-state index in [9.17, 15) is 4.79 Å². The number of unbranched alkanes of at least 4 members (excludes halogenated alkanes) is 11. The van der Waals surface area contributed by atoms with Crippen LogP contribution in [-0.2, 0) is 9.53 Å². The Kier molecular flexibility index (Phi) is 25.1. The second-order valence-corrected chi connectivity index (χ2v) is 9.27. The van der Waals surface area contributed by atoms with Crippen molar-refractivity contribution in [2.24, 2.45) is 5.92 Å². The molecule has 0 aromatic heterocycles. The summed E-state index contributed by atoms with van der Waals surface area (Å²) in [5.74, 6) is 0.716. The van der Waals surface area contributed by atoms with E-state index in [0.29, 0.717) is 25.6 Å². The van der Waals surface area contributed by atoms with Crippen LogP contribution in [0.3, 0.4) is 0 Å². The summed E-state index contributed by atoms with van der Waals surface area (Å²) in [5.41, 5.74) is 0. The van der Waals surface area contributed by atoms with Gasteiger partial charge in [-0.05, 0) is 57.5 Å². The highest BCUT2D eigenvalue weighted by Gasteiger charge is 2.12. The standard InChI is InChI=1S/C27H55NO3/c1-3-5-7-8-13-19-26(18-12-6-4-2)20-21-27(30)31-25-17-10-9-14-22-28-23-15-11-16-24-29/h26,28-29H,3-25H2,1-2H3. The number of carbonyl (C=O) groups is 1. The van der Waals surface area contributed by atoms with Crippen molar-refractivity contribution in [3.05, 3.63) is 0 Å². The fourth-order valence-corrected chi connectivity index (χ4v) is 4.10. The predicted molar refractivity (Wildman–Crippen MR) is 133 cm³/mol. The Labute approximate surface area is 194 Å². The molecule has 0 heterocycles. The van der Waals surface area contributed by atoms with Crippen LogP contribution in [0.2, 0.25) is 0 Å². The van der Waals surface area contributed by atoms with Crippen molar-refractivity contribution < 1.29 is 14.6 Å². The minimum Gasteiger partial charge on any atom is -0.466 e. The highest BCUT2D eigenvalue weighted by atomic mass is 16.5. The minimum absolute atomic E-state index is 0.0102. The Bertz CT molecular complexity index is 362. The van der Waals surface area contributed by atoms with E-state index in [1.54, 1.807) is 0 Å². The smallest absolute Gasteiger partial charge is 0.305 e. The van der Waals surface area contributed by atoms with Gasteiger partial charge in [0.15, 0.2) is 0 Å². The van der Waals surface area contributed by atoms with E-state index < -0.39 is 0 Å². The van der Waals surface area contributed by atoms with Gasteiger partial charge < -0.3 is 15.2 Å². The molecule has 0 aliphatic rings. The van der Waals surface area contributed by atoms with Crippen molar-refractivity contribution in [3.8, 4) is 0 Å². The van der Waals surface area contributed by atoms with E-state index in [0.717, 1.165) is 51.6 Å². The number of rotatable bonds is 25. The normalized spacial score (nSPS) is 12.2. The maximum atomic E-state index is 12.1. The fraction of sp³-hybridized carbons (Fsp3) is 0.963. The number of hydrogen-bond donors (Lipinski definition) is 2. The van der Waals surface area contributed by atoms with Gasteiger partial charge in [-0.2, -0.15) is 0 Å². The quantitative estimate of drug-likeness (QED) is 0.116. The van der Waals surface area contributed by atoms with Gasteiger partial charge in [0.25, 0.3) is 0 Å². The summed E-state index contributed by atoms with van der Waals surface area (Å²) in [4.78, 5) is 12.1. The van der Waals surface area contributed by atoms with Crippen LogP contribution in [0.1, 0.15) is 136 Å². The first-order valence-corrected chi connectivity index (χ1v) is 13.7. The molecule has 0 bridgehead atoms. The van der Waals surface area contributed by atoms with Crippen LogP contribution in [0.15, 0.2) is 0 Å². The van der Waals surface area contributed by atoms with E-state index in [1.807, 2.05) is 0 Å². The third-order valence-electron chi connectivity index (χ3n) is 6.21. The second kappa shape index (κ2) is 25.6. The van der Waals surface area contributed by atoms with Gasteiger partial charge in [-0.3, -0.25) is 4.79 Å². The molecule has 0 aliphatic carbocycles. The molecule has 1 unspecified atom stereocenters. The molecule has 0 aromatic rings. The molecule has 0 saturated carbocycles. The Hall–Kier alpha value is -0.610. The third kappa shape index (κ3) is 23.9. The maximum Gasteiger partial charge on any atom is 0.305 e. The number of hydrogen-bond acceptors (Lipinski definition) is 4. The first-order chi connectivity index (χ1) is 15.2. The van der Waals surface area contributed by atoms with Gasteiger partial charge in [-0.1, -0.05) is 90.9 Å². The molecule has 0 radical (unpaired) electrons. The monoisotopic (exact) mass is 441 g/mol. The minimum atomic E-state index is 0.0102. The van der Waals surface area contributed by atoms with Crippen LogP contribution in [0.5, 0.6) is 0 Å². The topological polar surface area (TPSA) is 58.6 Å². The van der Waals surface area contributed by atoms with Crippen molar-refractivity contribution in [1.82, 2.24) is 5.32 Å². The van der Waals surface area contributed by atoms with Crippen LogP contribution in [-0.4, -0.2) is 37.4 Å². The predicted octanol–water partition coefficient (Wildman–Crippen LogP) is 7.18. The molecule has 0 aromatic carbocycles. The SMILES string of the molecule is CCCCCCCC(CCCCC)CCC(=O)OCCCCCCNCCCCCO. The van der Waals surface area contributed by atoms with Gasteiger partial charge in [0, 0.05) is 13.0 Å². The molecule has 1 atom stereocenters. The van der Waals surface area contributed by atoms with E-state index in [2.05, 4.69) is 19.2 Å². The van der Waals surface area contributed by atoms with Crippen LogP contribution < -0.4 is 5.32 Å². The summed E-state index contributed by atoms with van der Waals surface area (Å²) < 4.78 is 5.48. The number of carbonyl (C=O) groups excluding carboxylic acids is 1. The Balaban J connectivity index is 3.65. The molecule has 4 heteroatoms. The molecule has 31 heavy (non-hydrogen) atoms. The van der Waals surface area contributed by atoms with Crippen LogP contribution >= 0.6 is 0 Å². The van der Waals surface area contributed by atoms with Gasteiger partial charge in [-0.25, -0.2) is 0 Å². The number of ether oxygens (including phenoxy) is 1. The van der Waals surface area contributed by atoms with Crippen molar-refractivity contribution in [2.75, 3.05) is 26.3 Å². The highest BCUT2D eigenvalue weighted by Crippen LogP contribution is 2.23. The summed E-state index contributed by atoms with van der Waals surface area (Å²) in [7, 11) is 0. The molecule has 0 aliphatic heterocycles. The molecular formula is C27H55NO3. The van der Waals surface area contributed by atoms with Crippen molar-refractivity contribution in [3.63, 3.8) is 0 Å². The van der Waals surface area contributed by atoms with E-state index in [1.165, 1.54) is 77.0 Å². The second-order valence-electron chi connectivity index (χ2n) is 9.27. The van der Waals surface area contributed by atoms with Gasteiger partial charge in [-0.15, -0.1) is 0 Å². The Morgan fingerprint density at radius 3 is 1.94 bits per heavy atom. The largest absolute Gasteiger partial charge is 0.466 e. The first kappa shape index (κ1) is 30.4. The molecular weight excluding hydrogens is 386 g/mol. The first-order valence-electron chi connectivity index (χ1n) is 13.7. The molecule has 0 fully saturated rings. The lowest BCUT2D eigenvalue weighted by Crippen LogP contribution is -2.16. The Morgan fingerprint density at radius 2 is 1.26 bits per heavy atom. The van der Waals surface area contributed by atoms with Crippen molar-refractivity contribution >= 4 is 5.97 Å². The zero-order valence-corrected chi connectivity index (χ0v) is 21.1. The number of nitrogens with one attached hydrogen (secondary N) is 1. The molecule has 2 N–H and O–H groups in total. The van der Waals surface area contributed by atoms with Crippen molar-refractivity contribution in [1.29, 1.82) is 0 Å². The lowest BCUT2D eigenvalue weighted by atomic mass is 9.90. The van der Waals surface area contributed by atoms with Gasteiger partial charge >= 0.3 is 5.97 Å². The van der Waals surface area contributed by atoms with Crippen LogP contribution in [0, 0.1) is 5.92 Å². The summed E-state index contributed by atoms with van der Waals surface area (Å²) in [6, 6.07) is 0. The number of aliphatic hydroxyl groups excluding tert-OH is 1. The van der Waals surface area contributed by atoms with Gasteiger partial charge in [0.2, 0.25) is 0 Å². The fourth-order valence-electron chi connectivity index (χ4n) is 4.10. The van der Waals surface area contributed by atoms with Crippen molar-refractivity contribution in [2.45, 2.75) is 136 Å². The van der Waals surface area contributed by atoms with Gasteiger partial charge in [0.05, 0.1) is 6.61 Å². The summed E-state index contributed by atoms with van der Waals surface area (Å²) >= 11 is 0. The van der Waals surface area contributed by atoms with Crippen LogP contribution in [0.4, 0.5) is 0 Å². The maximum absolute atomic E-state index is 12.1. The average Bonchev–Trinajstić information content (AvgIpc) is 2.77. The summed E-state index contributed by atoms with van der Waals surface area (Å²) in [6.07, 6.45) is 22.4. The molecule has 0 rings (SSSR count). The summed E-state index contributed by atoms with van der Waals surface area (Å²) in [6.45, 7) is 7.54. The molecule has 0 saturated heterocycles. The lowest BCUT2D eigenvalue weighted by Gasteiger charge is -2.16. The van der Waals surface area contributed by atoms with Gasteiger partial charge in [0.1, 0.15) is 0 Å². The lowest BCUT2D eigenvalue weighted by molar-refractivity contribution is -0.144. The zero-order valence-electron chi connectivity index (χ0n) is 21.1. The molecule has 0 amide bonds. The number of esters is 1. The number of aliphatic hydroxyl groups is 1. The molecule has 0 spiro atoms. The third-order valence-corrected chi connectivity index (χ3v) is 6.21. The average molecular weight is 442 g/mol. The molecule has 4 nitrogen and oxygen atoms in total. The van der Waals surface area contributed by atoms with E-state index in [-0.39, 0.29) is 5.97 Å². The Morgan fingerprint density at radius 1 is 0.710 bits per heavy atom. The van der Waals surface area contributed by atoms with Crippen LogP contribution in [0.25, 0.3) is 0 Å². The summed E-state index contributed by atoms with van der Waals surface area (Å²) in [5, 5.41) is 12.2. The zero-order chi connectivity index (χ0) is 22.8.